The first kappa shape index (κ1) is 14.4. The maximum absolute atomic E-state index is 12.0. The Hall–Kier alpha value is -2.56. The number of carbonyl (C=O) groups is 1. The summed E-state index contributed by atoms with van der Waals surface area (Å²) in [7, 11) is 0. The Morgan fingerprint density at radius 1 is 1.14 bits per heavy atom. The van der Waals surface area contributed by atoms with Crippen LogP contribution in [0.4, 0.5) is 11.4 Å². The van der Waals surface area contributed by atoms with Crippen LogP contribution >= 0.6 is 0 Å². The second kappa shape index (κ2) is 6.47. The monoisotopic (exact) mass is 297 g/mol. The lowest BCUT2D eigenvalue weighted by Crippen LogP contribution is -2.14. The molecule has 0 unspecified atom stereocenters. The molecular weight excluding hydrogens is 278 g/mol. The third-order valence-corrected chi connectivity index (χ3v) is 3.74. The van der Waals surface area contributed by atoms with Crippen molar-refractivity contribution in [2.45, 2.75) is 31.8 Å². The van der Waals surface area contributed by atoms with Crippen LogP contribution in [0.1, 0.15) is 36.2 Å². The highest BCUT2D eigenvalue weighted by molar-refractivity contribution is 6.02. The molecule has 0 aliphatic heterocycles. The molecule has 0 atom stereocenters. The van der Waals surface area contributed by atoms with E-state index >= 15 is 0 Å². The van der Waals surface area contributed by atoms with E-state index in [0.717, 1.165) is 18.6 Å². The van der Waals surface area contributed by atoms with Crippen LogP contribution < -0.4 is 15.8 Å². The van der Waals surface area contributed by atoms with Crippen LogP contribution in [-0.4, -0.2) is 17.0 Å². The number of anilines is 2. The smallest absolute Gasteiger partial charge is 0.274 e. The van der Waals surface area contributed by atoms with E-state index in [2.05, 4.69) is 10.3 Å². The number of nitrogens with two attached hydrogens (primary N) is 1. The van der Waals surface area contributed by atoms with E-state index in [-0.39, 0.29) is 5.91 Å². The molecule has 22 heavy (non-hydrogen) atoms. The van der Waals surface area contributed by atoms with Gasteiger partial charge in [-0.2, -0.15) is 0 Å². The van der Waals surface area contributed by atoms with Gasteiger partial charge in [-0.15, -0.1) is 0 Å². The van der Waals surface area contributed by atoms with Crippen molar-refractivity contribution in [1.29, 1.82) is 0 Å². The first-order chi connectivity index (χ1) is 10.7. The molecule has 1 aromatic carbocycles. The van der Waals surface area contributed by atoms with Crippen molar-refractivity contribution in [1.82, 2.24) is 4.98 Å². The summed E-state index contributed by atoms with van der Waals surface area (Å²) in [6.45, 7) is 0. The third-order valence-electron chi connectivity index (χ3n) is 3.74. The first-order valence-corrected chi connectivity index (χ1v) is 7.50. The molecule has 1 aliphatic rings. The van der Waals surface area contributed by atoms with Gasteiger partial charge in [-0.1, -0.05) is 0 Å². The molecule has 5 nitrogen and oxygen atoms in total. The van der Waals surface area contributed by atoms with Gasteiger partial charge < -0.3 is 15.8 Å². The van der Waals surface area contributed by atoms with Gasteiger partial charge in [0.1, 0.15) is 11.4 Å². The largest absolute Gasteiger partial charge is 0.490 e. The summed E-state index contributed by atoms with van der Waals surface area (Å²) in [4.78, 5) is 16.0. The van der Waals surface area contributed by atoms with Gasteiger partial charge in [0.25, 0.3) is 5.91 Å². The number of ether oxygens (including phenoxy) is 1. The lowest BCUT2D eigenvalue weighted by molar-refractivity contribution is 0.102. The van der Waals surface area contributed by atoms with Crippen LogP contribution in [0, 0.1) is 0 Å². The number of rotatable bonds is 4. The van der Waals surface area contributed by atoms with E-state index in [1.54, 1.807) is 12.1 Å². The minimum absolute atomic E-state index is 0.260. The highest BCUT2D eigenvalue weighted by Gasteiger charge is 2.16. The van der Waals surface area contributed by atoms with Crippen LogP contribution in [0.25, 0.3) is 0 Å². The third kappa shape index (κ3) is 3.55. The number of hydrogen-bond donors (Lipinski definition) is 2. The molecule has 0 bridgehead atoms. The lowest BCUT2D eigenvalue weighted by atomic mass is 10.2. The molecule has 1 aliphatic carbocycles. The topological polar surface area (TPSA) is 77.2 Å². The Morgan fingerprint density at radius 2 is 1.86 bits per heavy atom. The van der Waals surface area contributed by atoms with Crippen LogP contribution in [0.15, 0.2) is 42.6 Å². The van der Waals surface area contributed by atoms with E-state index in [1.165, 1.54) is 19.0 Å². The number of carbonyl (C=O) groups excluding carboxylic acids is 1. The highest BCUT2D eigenvalue weighted by Crippen LogP contribution is 2.25. The summed E-state index contributed by atoms with van der Waals surface area (Å²) >= 11 is 0. The van der Waals surface area contributed by atoms with E-state index in [1.807, 2.05) is 24.3 Å². The molecule has 114 valence electrons. The van der Waals surface area contributed by atoms with Crippen molar-refractivity contribution in [2.24, 2.45) is 0 Å². The predicted octanol–water partition coefficient (Wildman–Crippen LogP) is 3.24. The molecular formula is C17H19N3O2. The molecule has 1 aromatic heterocycles. The van der Waals surface area contributed by atoms with Gasteiger partial charge in [0.15, 0.2) is 0 Å². The Kier molecular flexibility index (Phi) is 4.23. The average molecular weight is 297 g/mol. The van der Waals surface area contributed by atoms with E-state index in [9.17, 15) is 4.79 Å². The number of amides is 1. The fraction of sp³-hybridized carbons (Fsp3) is 0.294. The summed E-state index contributed by atoms with van der Waals surface area (Å²) in [5.74, 6) is 0.583. The number of benzene rings is 1. The predicted molar refractivity (Wildman–Crippen MR) is 85.9 cm³/mol. The Bertz CT molecular complexity index is 632. The highest BCUT2D eigenvalue weighted by atomic mass is 16.5. The fourth-order valence-electron chi connectivity index (χ4n) is 2.55. The van der Waals surface area contributed by atoms with Gasteiger partial charge >= 0.3 is 0 Å². The minimum atomic E-state index is -0.260. The Labute approximate surface area is 129 Å². The van der Waals surface area contributed by atoms with Gasteiger partial charge in [-0.05, 0) is 62.1 Å². The molecule has 0 saturated heterocycles. The normalized spacial score (nSPS) is 14.7. The average Bonchev–Trinajstić information content (AvgIpc) is 3.03. The molecule has 2 aromatic rings. The minimum Gasteiger partial charge on any atom is -0.490 e. The quantitative estimate of drug-likeness (QED) is 0.908. The number of nitrogens with one attached hydrogen (secondary N) is 1. The van der Waals surface area contributed by atoms with Gasteiger partial charge in [0.05, 0.1) is 18.0 Å². The number of nitrogens with zero attached hydrogens (tertiary/aromatic N) is 1. The van der Waals surface area contributed by atoms with E-state index in [0.29, 0.717) is 23.2 Å². The molecule has 1 amide bonds. The maximum Gasteiger partial charge on any atom is 0.274 e. The molecule has 0 radical (unpaired) electrons. The summed E-state index contributed by atoms with van der Waals surface area (Å²) in [6, 6.07) is 10.7. The molecule has 0 spiro atoms. The SMILES string of the molecule is Nc1ccc(C(=O)Nc2ccc(OC3CCCC3)cc2)nc1. The fourth-order valence-corrected chi connectivity index (χ4v) is 2.55. The standard InChI is InChI=1S/C17H19N3O2/c18-12-5-10-16(19-11-12)17(21)20-13-6-8-15(9-7-13)22-14-3-1-2-4-14/h5-11,14H,1-4,18H2,(H,20,21). The Balaban J connectivity index is 1.60. The summed E-state index contributed by atoms with van der Waals surface area (Å²) in [5, 5.41) is 2.80. The second-order valence-corrected chi connectivity index (χ2v) is 5.48. The second-order valence-electron chi connectivity index (χ2n) is 5.48. The van der Waals surface area contributed by atoms with Crippen molar-refractivity contribution in [3.05, 3.63) is 48.3 Å². The molecule has 1 heterocycles. The van der Waals surface area contributed by atoms with Crippen LogP contribution in [-0.2, 0) is 0 Å². The zero-order valence-electron chi connectivity index (χ0n) is 12.3. The zero-order chi connectivity index (χ0) is 15.4. The number of nitrogen functional groups attached to an aromatic ring is 1. The maximum atomic E-state index is 12.0. The van der Waals surface area contributed by atoms with Crippen LogP contribution in [0.2, 0.25) is 0 Å². The van der Waals surface area contributed by atoms with Crippen molar-refractivity contribution >= 4 is 17.3 Å². The van der Waals surface area contributed by atoms with Gasteiger partial charge in [0, 0.05) is 5.69 Å². The first-order valence-electron chi connectivity index (χ1n) is 7.50. The van der Waals surface area contributed by atoms with Crippen LogP contribution in [0.5, 0.6) is 5.75 Å². The Morgan fingerprint density at radius 3 is 2.50 bits per heavy atom. The summed E-state index contributed by atoms with van der Waals surface area (Å²) in [6.07, 6.45) is 6.54. The molecule has 1 saturated carbocycles. The number of aromatic nitrogens is 1. The van der Waals surface area contributed by atoms with Crippen LogP contribution in [0.3, 0.4) is 0 Å². The van der Waals surface area contributed by atoms with Gasteiger partial charge in [-0.3, -0.25) is 4.79 Å². The van der Waals surface area contributed by atoms with Crippen molar-refractivity contribution in [3.8, 4) is 5.75 Å². The molecule has 5 heteroatoms. The van der Waals surface area contributed by atoms with Crippen molar-refractivity contribution in [3.63, 3.8) is 0 Å². The van der Waals surface area contributed by atoms with Crippen molar-refractivity contribution < 1.29 is 9.53 Å². The van der Waals surface area contributed by atoms with E-state index in [4.69, 9.17) is 10.5 Å². The zero-order valence-corrected chi connectivity index (χ0v) is 12.3. The van der Waals surface area contributed by atoms with Gasteiger partial charge in [0.2, 0.25) is 0 Å². The number of hydrogen-bond acceptors (Lipinski definition) is 4. The summed E-state index contributed by atoms with van der Waals surface area (Å²) in [5.41, 5.74) is 7.13. The van der Waals surface area contributed by atoms with Gasteiger partial charge in [-0.25, -0.2) is 4.98 Å². The summed E-state index contributed by atoms with van der Waals surface area (Å²) < 4.78 is 5.89. The van der Waals surface area contributed by atoms with E-state index < -0.39 is 0 Å². The van der Waals surface area contributed by atoms with Crippen molar-refractivity contribution in [2.75, 3.05) is 11.1 Å². The molecule has 3 N–H and O–H groups in total. The lowest BCUT2D eigenvalue weighted by Gasteiger charge is -2.13. The number of pyridine rings is 1. The molecule has 3 rings (SSSR count). The molecule has 1 fully saturated rings.